The highest BCUT2D eigenvalue weighted by Crippen LogP contribution is 2.19. The second-order valence-electron chi connectivity index (χ2n) is 4.61. The van der Waals surface area contributed by atoms with E-state index in [0.717, 1.165) is 13.1 Å². The molecule has 1 aliphatic rings. The second kappa shape index (κ2) is 5.88. The molecular weight excluding hydrogens is 202 g/mol. The van der Waals surface area contributed by atoms with Gasteiger partial charge in [-0.1, -0.05) is 12.8 Å². The Morgan fingerprint density at radius 2 is 2.25 bits per heavy atom. The van der Waals surface area contributed by atoms with E-state index in [2.05, 4.69) is 37.2 Å². The first-order valence-electron chi connectivity index (χ1n) is 5.64. The lowest BCUT2D eigenvalue weighted by Gasteiger charge is -2.22. The standard InChI is InChI=1S/C12H21N3O/c1-5-6-13-7-12(16)15-8-10(2)11(9-15)14(3)4/h1,10-11,13H,6-9H2,2-4H3. The quantitative estimate of drug-likeness (QED) is 0.521. The van der Waals surface area contributed by atoms with Gasteiger partial charge in [0.05, 0.1) is 13.1 Å². The Kier molecular flexibility index (Phi) is 4.78. The molecule has 1 heterocycles. The topological polar surface area (TPSA) is 35.6 Å². The number of hydrogen-bond donors (Lipinski definition) is 1. The van der Waals surface area contributed by atoms with Crippen LogP contribution in [0.15, 0.2) is 0 Å². The summed E-state index contributed by atoms with van der Waals surface area (Å²) in [7, 11) is 4.12. The highest BCUT2D eigenvalue weighted by molar-refractivity contribution is 5.78. The molecule has 4 heteroatoms. The van der Waals surface area contributed by atoms with Gasteiger partial charge in [0.25, 0.3) is 0 Å². The molecule has 1 N–H and O–H groups in total. The van der Waals surface area contributed by atoms with Crippen LogP contribution in [0, 0.1) is 18.3 Å². The van der Waals surface area contributed by atoms with Crippen molar-refractivity contribution in [3.63, 3.8) is 0 Å². The molecule has 2 unspecified atom stereocenters. The Balaban J connectivity index is 2.40. The summed E-state index contributed by atoms with van der Waals surface area (Å²) < 4.78 is 0. The number of amides is 1. The number of likely N-dealkylation sites (N-methyl/N-ethyl adjacent to an activating group) is 1. The van der Waals surface area contributed by atoms with Crippen molar-refractivity contribution in [2.45, 2.75) is 13.0 Å². The molecule has 0 saturated carbocycles. The minimum absolute atomic E-state index is 0.145. The summed E-state index contributed by atoms with van der Waals surface area (Å²) in [6.45, 7) is 4.65. The number of likely N-dealkylation sites (tertiary alicyclic amines) is 1. The summed E-state index contributed by atoms with van der Waals surface area (Å²) in [5.74, 6) is 3.14. The van der Waals surface area contributed by atoms with Gasteiger partial charge in [0, 0.05) is 19.1 Å². The lowest BCUT2D eigenvalue weighted by molar-refractivity contribution is -0.129. The van der Waals surface area contributed by atoms with Crippen molar-refractivity contribution in [1.29, 1.82) is 0 Å². The smallest absolute Gasteiger partial charge is 0.236 e. The molecule has 0 bridgehead atoms. The van der Waals surface area contributed by atoms with Crippen molar-refractivity contribution < 1.29 is 4.79 Å². The lowest BCUT2D eigenvalue weighted by Crippen LogP contribution is -2.39. The number of carbonyl (C=O) groups is 1. The summed E-state index contributed by atoms with van der Waals surface area (Å²) in [6.07, 6.45) is 5.11. The maximum atomic E-state index is 11.8. The first kappa shape index (κ1) is 13.0. The maximum Gasteiger partial charge on any atom is 0.236 e. The van der Waals surface area contributed by atoms with Crippen molar-refractivity contribution >= 4 is 5.91 Å². The van der Waals surface area contributed by atoms with E-state index in [9.17, 15) is 4.79 Å². The Morgan fingerprint density at radius 1 is 1.56 bits per heavy atom. The molecule has 1 saturated heterocycles. The van der Waals surface area contributed by atoms with Crippen LogP contribution in [-0.2, 0) is 4.79 Å². The molecule has 1 fully saturated rings. The number of rotatable bonds is 4. The summed E-state index contributed by atoms with van der Waals surface area (Å²) in [5, 5.41) is 2.93. The van der Waals surface area contributed by atoms with Crippen LogP contribution in [0.1, 0.15) is 6.92 Å². The zero-order valence-electron chi connectivity index (χ0n) is 10.4. The van der Waals surface area contributed by atoms with E-state index in [1.807, 2.05) is 4.90 Å². The van der Waals surface area contributed by atoms with Gasteiger partial charge in [0.15, 0.2) is 0 Å². The average molecular weight is 223 g/mol. The molecule has 4 nitrogen and oxygen atoms in total. The third kappa shape index (κ3) is 3.22. The van der Waals surface area contributed by atoms with E-state index < -0.39 is 0 Å². The van der Waals surface area contributed by atoms with Gasteiger partial charge in [-0.2, -0.15) is 0 Å². The molecular formula is C12H21N3O. The number of terminal acetylenes is 1. The number of nitrogens with zero attached hydrogens (tertiary/aromatic N) is 2. The Hall–Kier alpha value is -1.05. The molecule has 0 aromatic carbocycles. The van der Waals surface area contributed by atoms with Gasteiger partial charge in [-0.15, -0.1) is 6.42 Å². The van der Waals surface area contributed by atoms with Crippen LogP contribution in [-0.4, -0.2) is 62.0 Å². The van der Waals surface area contributed by atoms with E-state index in [-0.39, 0.29) is 5.91 Å². The summed E-state index contributed by atoms with van der Waals surface area (Å²) in [6, 6.07) is 0.469. The molecule has 16 heavy (non-hydrogen) atoms. The predicted octanol–water partition coefficient (Wildman–Crippen LogP) is -0.382. The molecule has 0 aromatic rings. The molecule has 1 rings (SSSR count). The molecule has 0 aromatic heterocycles. The van der Waals surface area contributed by atoms with Gasteiger partial charge < -0.3 is 9.80 Å². The zero-order chi connectivity index (χ0) is 12.1. The molecule has 0 spiro atoms. The SMILES string of the molecule is C#CCNCC(=O)N1CC(C)C(N(C)C)C1. The van der Waals surface area contributed by atoms with E-state index in [4.69, 9.17) is 6.42 Å². The van der Waals surface area contributed by atoms with Gasteiger partial charge in [0.1, 0.15) is 0 Å². The summed E-state index contributed by atoms with van der Waals surface area (Å²) in [5.41, 5.74) is 0. The maximum absolute atomic E-state index is 11.8. The number of carbonyl (C=O) groups excluding carboxylic acids is 1. The molecule has 1 aliphatic heterocycles. The van der Waals surface area contributed by atoms with Crippen LogP contribution in [0.2, 0.25) is 0 Å². The molecule has 1 amide bonds. The second-order valence-corrected chi connectivity index (χ2v) is 4.61. The van der Waals surface area contributed by atoms with Crippen molar-refractivity contribution in [3.05, 3.63) is 0 Å². The minimum Gasteiger partial charge on any atom is -0.340 e. The van der Waals surface area contributed by atoms with Crippen molar-refractivity contribution in [2.24, 2.45) is 5.92 Å². The molecule has 90 valence electrons. The van der Waals surface area contributed by atoms with Crippen LogP contribution in [0.3, 0.4) is 0 Å². The van der Waals surface area contributed by atoms with Crippen LogP contribution in [0.25, 0.3) is 0 Å². The Morgan fingerprint density at radius 3 is 2.75 bits per heavy atom. The number of nitrogens with one attached hydrogen (secondary N) is 1. The van der Waals surface area contributed by atoms with Crippen LogP contribution in [0.4, 0.5) is 0 Å². The van der Waals surface area contributed by atoms with E-state index >= 15 is 0 Å². The van der Waals surface area contributed by atoms with Gasteiger partial charge in [-0.3, -0.25) is 10.1 Å². The molecule has 2 atom stereocenters. The largest absolute Gasteiger partial charge is 0.340 e. The molecule has 0 radical (unpaired) electrons. The van der Waals surface area contributed by atoms with Crippen LogP contribution < -0.4 is 5.32 Å². The Labute approximate surface area is 98.0 Å². The third-order valence-electron chi connectivity index (χ3n) is 3.09. The zero-order valence-corrected chi connectivity index (χ0v) is 10.4. The monoisotopic (exact) mass is 223 g/mol. The summed E-state index contributed by atoms with van der Waals surface area (Å²) in [4.78, 5) is 15.9. The number of hydrogen-bond acceptors (Lipinski definition) is 3. The normalized spacial score (nSPS) is 24.8. The van der Waals surface area contributed by atoms with Gasteiger partial charge in [-0.25, -0.2) is 0 Å². The average Bonchev–Trinajstić information content (AvgIpc) is 2.60. The first-order chi connectivity index (χ1) is 7.56. The van der Waals surface area contributed by atoms with Crippen LogP contribution >= 0.6 is 0 Å². The molecule has 0 aliphatic carbocycles. The highest BCUT2D eigenvalue weighted by atomic mass is 16.2. The van der Waals surface area contributed by atoms with Gasteiger partial charge >= 0.3 is 0 Å². The fraction of sp³-hybridized carbons (Fsp3) is 0.750. The van der Waals surface area contributed by atoms with Gasteiger partial charge in [-0.05, 0) is 20.0 Å². The fourth-order valence-corrected chi connectivity index (χ4v) is 2.18. The Bertz CT molecular complexity index is 282. The lowest BCUT2D eigenvalue weighted by atomic mass is 10.1. The van der Waals surface area contributed by atoms with E-state index in [1.165, 1.54) is 0 Å². The fourth-order valence-electron chi connectivity index (χ4n) is 2.18. The summed E-state index contributed by atoms with van der Waals surface area (Å²) >= 11 is 0. The van der Waals surface area contributed by atoms with Crippen molar-refractivity contribution in [2.75, 3.05) is 40.3 Å². The van der Waals surface area contributed by atoms with E-state index in [0.29, 0.717) is 25.0 Å². The minimum atomic E-state index is 0.145. The van der Waals surface area contributed by atoms with Crippen LogP contribution in [0.5, 0.6) is 0 Å². The highest BCUT2D eigenvalue weighted by Gasteiger charge is 2.33. The predicted molar refractivity (Wildman–Crippen MR) is 64.9 cm³/mol. The van der Waals surface area contributed by atoms with Crippen molar-refractivity contribution in [1.82, 2.24) is 15.1 Å². The first-order valence-corrected chi connectivity index (χ1v) is 5.64. The third-order valence-corrected chi connectivity index (χ3v) is 3.09. The van der Waals surface area contributed by atoms with Gasteiger partial charge in [0.2, 0.25) is 5.91 Å². The van der Waals surface area contributed by atoms with Crippen molar-refractivity contribution in [3.8, 4) is 12.3 Å². The van der Waals surface area contributed by atoms with E-state index in [1.54, 1.807) is 0 Å².